The third kappa shape index (κ3) is 1.80. The molecule has 3 aromatic rings. The van der Waals surface area contributed by atoms with E-state index in [1.165, 1.54) is 40.7 Å². The van der Waals surface area contributed by atoms with E-state index in [9.17, 15) is 0 Å². The number of piperidine rings is 1. The SMILES string of the molecule is CN1CC2CC1CC2n1ncc2ccc(-c3cccs3)cc21. The molecular weight excluding hydrogens is 290 g/mol. The minimum absolute atomic E-state index is 0.581. The van der Waals surface area contributed by atoms with E-state index in [1.807, 2.05) is 6.20 Å². The molecule has 0 amide bonds. The first-order chi connectivity index (χ1) is 10.8. The van der Waals surface area contributed by atoms with E-state index in [0.29, 0.717) is 6.04 Å². The molecule has 2 fully saturated rings. The van der Waals surface area contributed by atoms with E-state index < -0.39 is 0 Å². The molecule has 1 aliphatic carbocycles. The van der Waals surface area contributed by atoms with Crippen LogP contribution in [0.4, 0.5) is 0 Å². The van der Waals surface area contributed by atoms with E-state index in [2.05, 4.69) is 52.3 Å². The van der Waals surface area contributed by atoms with Crippen molar-refractivity contribution in [1.82, 2.24) is 14.7 Å². The topological polar surface area (TPSA) is 21.1 Å². The number of fused-ring (bicyclic) bond motifs is 3. The molecule has 0 spiro atoms. The summed E-state index contributed by atoms with van der Waals surface area (Å²) in [6.45, 7) is 1.22. The first-order valence-electron chi connectivity index (χ1n) is 8.01. The highest BCUT2D eigenvalue weighted by molar-refractivity contribution is 7.13. The Kier molecular flexibility index (Phi) is 2.73. The molecule has 2 aliphatic rings. The van der Waals surface area contributed by atoms with Crippen LogP contribution < -0.4 is 0 Å². The van der Waals surface area contributed by atoms with E-state index in [1.54, 1.807) is 11.3 Å². The predicted octanol–water partition coefficient (Wildman–Crippen LogP) is 4.03. The van der Waals surface area contributed by atoms with Gasteiger partial charge in [0.1, 0.15) is 0 Å². The molecular formula is C18H19N3S. The fraction of sp³-hybridized carbons (Fsp3) is 0.389. The highest BCUT2D eigenvalue weighted by Gasteiger charge is 2.44. The van der Waals surface area contributed by atoms with Crippen molar-refractivity contribution in [2.24, 2.45) is 5.92 Å². The van der Waals surface area contributed by atoms with Gasteiger partial charge in [0.05, 0.1) is 17.8 Å². The molecule has 112 valence electrons. The van der Waals surface area contributed by atoms with Gasteiger partial charge in [-0.2, -0.15) is 5.10 Å². The van der Waals surface area contributed by atoms with Gasteiger partial charge in [0.2, 0.25) is 0 Å². The number of thiophene rings is 1. The van der Waals surface area contributed by atoms with Crippen LogP contribution >= 0.6 is 11.3 Å². The molecule has 1 aliphatic heterocycles. The molecule has 5 rings (SSSR count). The number of nitrogens with zero attached hydrogens (tertiary/aromatic N) is 3. The first kappa shape index (κ1) is 12.9. The van der Waals surface area contributed by atoms with Crippen LogP contribution in [-0.4, -0.2) is 34.3 Å². The smallest absolute Gasteiger partial charge is 0.0692 e. The Morgan fingerprint density at radius 1 is 1.23 bits per heavy atom. The standard InChI is InChI=1S/C18H19N3S/c1-20-11-14-7-15(20)9-17(14)21-16-8-12(18-3-2-6-22-18)4-5-13(16)10-19-21/h2-6,8,10,14-15,17H,7,9,11H2,1H3. The average molecular weight is 309 g/mol. The molecule has 3 heterocycles. The summed E-state index contributed by atoms with van der Waals surface area (Å²) in [4.78, 5) is 3.85. The lowest BCUT2D eigenvalue weighted by atomic mass is 10.0. The van der Waals surface area contributed by atoms with Crippen molar-refractivity contribution >= 4 is 22.2 Å². The fourth-order valence-corrected chi connectivity index (χ4v) is 5.07. The van der Waals surface area contributed by atoms with Crippen molar-refractivity contribution < 1.29 is 0 Å². The fourth-order valence-electron chi connectivity index (χ4n) is 4.35. The summed E-state index contributed by atoms with van der Waals surface area (Å²) in [5.41, 5.74) is 2.61. The number of likely N-dealkylation sites (tertiary alicyclic amines) is 1. The summed E-state index contributed by atoms with van der Waals surface area (Å²) in [6.07, 6.45) is 4.62. The van der Waals surface area contributed by atoms with Crippen LogP contribution in [0.1, 0.15) is 18.9 Å². The summed E-state index contributed by atoms with van der Waals surface area (Å²) in [5, 5.41) is 8.15. The van der Waals surface area contributed by atoms with Gasteiger partial charge in [-0.25, -0.2) is 0 Å². The van der Waals surface area contributed by atoms with Gasteiger partial charge >= 0.3 is 0 Å². The number of benzene rings is 1. The lowest BCUT2D eigenvalue weighted by molar-refractivity contribution is 0.205. The van der Waals surface area contributed by atoms with Crippen molar-refractivity contribution in [2.45, 2.75) is 24.9 Å². The molecule has 1 saturated heterocycles. The molecule has 1 saturated carbocycles. The van der Waals surface area contributed by atoms with Crippen molar-refractivity contribution in [3.63, 3.8) is 0 Å². The Hall–Kier alpha value is -1.65. The second kappa shape index (κ2) is 4.67. The van der Waals surface area contributed by atoms with Crippen LogP contribution in [0.3, 0.4) is 0 Å². The normalized spacial score (nSPS) is 28.0. The van der Waals surface area contributed by atoms with Gasteiger partial charge < -0.3 is 4.90 Å². The monoisotopic (exact) mass is 309 g/mol. The van der Waals surface area contributed by atoms with Gasteiger partial charge in [-0.3, -0.25) is 4.68 Å². The number of aromatic nitrogens is 2. The number of rotatable bonds is 2. The minimum Gasteiger partial charge on any atom is -0.303 e. The summed E-state index contributed by atoms with van der Waals surface area (Å²) >= 11 is 1.80. The average Bonchev–Trinajstić information content (AvgIpc) is 3.29. The van der Waals surface area contributed by atoms with Gasteiger partial charge in [-0.15, -0.1) is 11.3 Å². The first-order valence-corrected chi connectivity index (χ1v) is 8.89. The zero-order valence-corrected chi connectivity index (χ0v) is 13.5. The van der Waals surface area contributed by atoms with Crippen molar-refractivity contribution in [3.8, 4) is 10.4 Å². The van der Waals surface area contributed by atoms with Crippen LogP contribution in [0.5, 0.6) is 0 Å². The quantitative estimate of drug-likeness (QED) is 0.712. The van der Waals surface area contributed by atoms with Crippen molar-refractivity contribution in [2.75, 3.05) is 13.6 Å². The van der Waals surface area contributed by atoms with Gasteiger partial charge in [0.15, 0.2) is 0 Å². The summed E-state index contributed by atoms with van der Waals surface area (Å²) in [6, 6.07) is 12.4. The Balaban J connectivity index is 1.59. The lowest BCUT2D eigenvalue weighted by Gasteiger charge is -2.29. The third-order valence-electron chi connectivity index (χ3n) is 5.50. The Labute approximate surface area is 134 Å². The van der Waals surface area contributed by atoms with Crippen LogP contribution in [0.25, 0.3) is 21.3 Å². The molecule has 2 aromatic heterocycles. The van der Waals surface area contributed by atoms with Crippen LogP contribution in [-0.2, 0) is 0 Å². The van der Waals surface area contributed by atoms with E-state index in [4.69, 9.17) is 5.10 Å². The molecule has 2 bridgehead atoms. The second-order valence-corrected chi connectivity index (χ2v) is 7.68. The van der Waals surface area contributed by atoms with Crippen LogP contribution in [0.15, 0.2) is 41.9 Å². The number of hydrogen-bond acceptors (Lipinski definition) is 3. The molecule has 4 heteroatoms. The van der Waals surface area contributed by atoms with E-state index in [0.717, 1.165) is 12.0 Å². The summed E-state index contributed by atoms with van der Waals surface area (Å²) in [5.74, 6) is 0.767. The Morgan fingerprint density at radius 2 is 2.18 bits per heavy atom. The second-order valence-electron chi connectivity index (χ2n) is 6.73. The van der Waals surface area contributed by atoms with Gasteiger partial charge in [0, 0.05) is 22.8 Å². The van der Waals surface area contributed by atoms with E-state index >= 15 is 0 Å². The van der Waals surface area contributed by atoms with Crippen molar-refractivity contribution in [1.29, 1.82) is 0 Å². The molecule has 3 nitrogen and oxygen atoms in total. The molecule has 22 heavy (non-hydrogen) atoms. The lowest BCUT2D eigenvalue weighted by Crippen LogP contribution is -2.33. The minimum atomic E-state index is 0.581. The zero-order valence-electron chi connectivity index (χ0n) is 12.6. The van der Waals surface area contributed by atoms with E-state index in [-0.39, 0.29) is 0 Å². The van der Waals surface area contributed by atoms with Gasteiger partial charge in [-0.1, -0.05) is 18.2 Å². The molecule has 3 unspecified atom stereocenters. The largest absolute Gasteiger partial charge is 0.303 e. The highest BCUT2D eigenvalue weighted by Crippen LogP contribution is 2.45. The number of hydrogen-bond donors (Lipinski definition) is 0. The summed E-state index contributed by atoms with van der Waals surface area (Å²) in [7, 11) is 2.26. The molecule has 0 radical (unpaired) electrons. The Morgan fingerprint density at radius 3 is 2.91 bits per heavy atom. The van der Waals surface area contributed by atoms with Crippen LogP contribution in [0.2, 0.25) is 0 Å². The summed E-state index contributed by atoms with van der Waals surface area (Å²) < 4.78 is 2.31. The van der Waals surface area contributed by atoms with Gasteiger partial charge in [0.25, 0.3) is 0 Å². The molecule has 1 aromatic carbocycles. The third-order valence-corrected chi connectivity index (χ3v) is 6.42. The molecule has 3 atom stereocenters. The molecule has 0 N–H and O–H groups in total. The maximum Gasteiger partial charge on any atom is 0.0692 e. The Bertz CT molecular complexity index is 818. The predicted molar refractivity (Wildman–Crippen MR) is 91.2 cm³/mol. The maximum absolute atomic E-state index is 4.75. The zero-order chi connectivity index (χ0) is 14.7. The highest BCUT2D eigenvalue weighted by atomic mass is 32.1. The maximum atomic E-state index is 4.75. The van der Waals surface area contributed by atoms with Crippen molar-refractivity contribution in [3.05, 3.63) is 41.9 Å². The van der Waals surface area contributed by atoms with Gasteiger partial charge in [-0.05, 0) is 48.9 Å². The van der Waals surface area contributed by atoms with Crippen LogP contribution in [0, 0.1) is 5.92 Å².